The molecular weight excluding hydrogens is 296 g/mol. The average Bonchev–Trinajstić information content (AvgIpc) is 3.15. The molecule has 1 fully saturated rings. The number of nitrogens with one attached hydrogen (secondary N) is 1. The van der Waals surface area contributed by atoms with Gasteiger partial charge >= 0.3 is 5.97 Å². The summed E-state index contributed by atoms with van der Waals surface area (Å²) in [6.07, 6.45) is 0.731. The Balaban J connectivity index is 1.93. The van der Waals surface area contributed by atoms with Crippen molar-refractivity contribution in [1.29, 1.82) is 0 Å². The van der Waals surface area contributed by atoms with E-state index in [0.717, 1.165) is 17.8 Å². The van der Waals surface area contributed by atoms with Gasteiger partial charge in [-0.2, -0.15) is 0 Å². The maximum Gasteiger partial charge on any atom is 0.367 e. The van der Waals surface area contributed by atoms with Crippen LogP contribution in [0.2, 0.25) is 0 Å². The first-order valence-corrected chi connectivity index (χ1v) is 7.52. The molecule has 1 N–H and O–H groups in total. The van der Waals surface area contributed by atoms with Crippen molar-refractivity contribution in [2.45, 2.75) is 18.9 Å². The van der Waals surface area contributed by atoms with E-state index in [2.05, 4.69) is 10.3 Å². The molecule has 0 radical (unpaired) electrons. The predicted molar refractivity (Wildman–Crippen MR) is 75.6 cm³/mol. The highest BCUT2D eigenvalue weighted by Gasteiger charge is 2.35. The van der Waals surface area contributed by atoms with Crippen LogP contribution < -0.4 is 5.32 Å². The van der Waals surface area contributed by atoms with E-state index < -0.39 is 11.6 Å². The molecule has 116 valence electrons. The van der Waals surface area contributed by atoms with Gasteiger partial charge in [0.05, 0.1) is 13.2 Å². The molecule has 0 saturated carbocycles. The first-order chi connectivity index (χ1) is 10.1. The SMILES string of the molecule is CCOC(=O)c1nc(C(=O)NCC2(OC)CCOC2)cs1. The Morgan fingerprint density at radius 2 is 2.38 bits per heavy atom. The minimum absolute atomic E-state index is 0.174. The molecule has 1 unspecified atom stereocenters. The fourth-order valence-electron chi connectivity index (χ4n) is 1.96. The maximum absolute atomic E-state index is 12.0. The fraction of sp³-hybridized carbons (Fsp3) is 0.615. The van der Waals surface area contributed by atoms with Gasteiger partial charge in [0.15, 0.2) is 0 Å². The van der Waals surface area contributed by atoms with E-state index >= 15 is 0 Å². The summed E-state index contributed by atoms with van der Waals surface area (Å²) in [5, 5.41) is 4.47. The van der Waals surface area contributed by atoms with Crippen molar-refractivity contribution in [3.63, 3.8) is 0 Å². The standard InChI is InChI=1S/C13H18N2O5S/c1-3-20-12(17)11-15-9(6-21-11)10(16)14-7-13(18-2)4-5-19-8-13/h6H,3-5,7-8H2,1-2H3,(H,14,16). The molecule has 0 bridgehead atoms. The lowest BCUT2D eigenvalue weighted by Crippen LogP contribution is -2.45. The maximum atomic E-state index is 12.0. The van der Waals surface area contributed by atoms with Crippen molar-refractivity contribution >= 4 is 23.2 Å². The number of carbonyl (C=O) groups excluding carboxylic acids is 2. The van der Waals surface area contributed by atoms with Crippen molar-refractivity contribution in [2.24, 2.45) is 0 Å². The number of ether oxygens (including phenoxy) is 3. The number of aromatic nitrogens is 1. The van der Waals surface area contributed by atoms with E-state index in [4.69, 9.17) is 14.2 Å². The number of hydrogen-bond acceptors (Lipinski definition) is 7. The van der Waals surface area contributed by atoms with Gasteiger partial charge in [-0.3, -0.25) is 4.79 Å². The second-order valence-electron chi connectivity index (χ2n) is 4.63. The minimum Gasteiger partial charge on any atom is -0.461 e. The monoisotopic (exact) mass is 314 g/mol. The van der Waals surface area contributed by atoms with Gasteiger partial charge in [0.25, 0.3) is 5.91 Å². The number of nitrogens with zero attached hydrogens (tertiary/aromatic N) is 1. The topological polar surface area (TPSA) is 86.8 Å². The lowest BCUT2D eigenvalue weighted by atomic mass is 10.0. The zero-order chi connectivity index (χ0) is 15.3. The van der Waals surface area contributed by atoms with Gasteiger partial charge in [0, 0.05) is 32.1 Å². The molecule has 21 heavy (non-hydrogen) atoms. The molecule has 1 aliphatic rings. The number of carbonyl (C=O) groups is 2. The van der Waals surface area contributed by atoms with Gasteiger partial charge in [-0.25, -0.2) is 9.78 Å². The summed E-state index contributed by atoms with van der Waals surface area (Å²) in [5.74, 6) is -0.857. The van der Waals surface area contributed by atoms with Crippen molar-refractivity contribution in [1.82, 2.24) is 10.3 Å². The second kappa shape index (κ2) is 6.97. The average molecular weight is 314 g/mol. The summed E-state index contributed by atoms with van der Waals surface area (Å²) in [4.78, 5) is 27.5. The van der Waals surface area contributed by atoms with Crippen LogP contribution in [-0.2, 0) is 14.2 Å². The quantitative estimate of drug-likeness (QED) is 0.784. The normalized spacial score (nSPS) is 21.2. The van der Waals surface area contributed by atoms with Crippen molar-refractivity contribution in [3.8, 4) is 0 Å². The van der Waals surface area contributed by atoms with Crippen LogP contribution in [0.1, 0.15) is 33.6 Å². The van der Waals surface area contributed by atoms with Crippen LogP contribution in [0.15, 0.2) is 5.38 Å². The molecule has 1 saturated heterocycles. The minimum atomic E-state index is -0.515. The summed E-state index contributed by atoms with van der Waals surface area (Å²) in [7, 11) is 1.60. The van der Waals surface area contributed by atoms with Crippen molar-refractivity contribution < 1.29 is 23.8 Å². The Kier molecular flexibility index (Phi) is 5.27. The Hall–Kier alpha value is -1.51. The highest BCUT2D eigenvalue weighted by atomic mass is 32.1. The second-order valence-corrected chi connectivity index (χ2v) is 5.49. The third-order valence-electron chi connectivity index (χ3n) is 3.26. The Bertz CT molecular complexity index is 510. The van der Waals surface area contributed by atoms with Gasteiger partial charge in [0.1, 0.15) is 11.3 Å². The molecule has 7 nitrogen and oxygen atoms in total. The fourth-order valence-corrected chi connectivity index (χ4v) is 2.65. The predicted octanol–water partition coefficient (Wildman–Crippen LogP) is 0.855. The van der Waals surface area contributed by atoms with Crippen molar-refractivity contribution in [2.75, 3.05) is 33.5 Å². The van der Waals surface area contributed by atoms with Gasteiger partial charge < -0.3 is 19.5 Å². The zero-order valence-electron chi connectivity index (χ0n) is 12.0. The number of methoxy groups -OCH3 is 1. The molecule has 2 rings (SSSR count). The number of amides is 1. The molecule has 8 heteroatoms. The van der Waals surface area contributed by atoms with Crippen LogP contribution >= 0.6 is 11.3 Å². The number of esters is 1. The third kappa shape index (κ3) is 3.78. The van der Waals surface area contributed by atoms with Crippen LogP contribution in [0.3, 0.4) is 0 Å². The lowest BCUT2D eigenvalue weighted by molar-refractivity contribution is -0.0149. The summed E-state index contributed by atoms with van der Waals surface area (Å²) in [6, 6.07) is 0. The smallest absolute Gasteiger partial charge is 0.367 e. The van der Waals surface area contributed by atoms with E-state index in [-0.39, 0.29) is 23.2 Å². The molecule has 1 atom stereocenters. The summed E-state index contributed by atoms with van der Waals surface area (Å²) in [6.45, 7) is 3.40. The largest absolute Gasteiger partial charge is 0.461 e. The molecule has 2 heterocycles. The van der Waals surface area contributed by atoms with Crippen LogP contribution in [0.4, 0.5) is 0 Å². The van der Waals surface area contributed by atoms with E-state index in [1.807, 2.05) is 0 Å². The molecule has 1 aliphatic heterocycles. The van der Waals surface area contributed by atoms with E-state index in [9.17, 15) is 9.59 Å². The van der Waals surface area contributed by atoms with Crippen molar-refractivity contribution in [3.05, 3.63) is 16.1 Å². The third-order valence-corrected chi connectivity index (χ3v) is 4.08. The molecule has 0 aliphatic carbocycles. The van der Waals surface area contributed by atoms with Crippen LogP contribution in [0, 0.1) is 0 Å². The van der Waals surface area contributed by atoms with E-state index in [1.165, 1.54) is 5.38 Å². The first kappa shape index (κ1) is 15.9. The Morgan fingerprint density at radius 1 is 1.57 bits per heavy atom. The van der Waals surface area contributed by atoms with E-state index in [0.29, 0.717) is 19.8 Å². The summed E-state index contributed by atoms with van der Waals surface area (Å²) >= 11 is 1.09. The van der Waals surface area contributed by atoms with Crippen LogP contribution in [0.25, 0.3) is 0 Å². The van der Waals surface area contributed by atoms with Crippen LogP contribution in [-0.4, -0.2) is 55.9 Å². The number of thiazole rings is 1. The first-order valence-electron chi connectivity index (χ1n) is 6.64. The molecule has 1 aromatic heterocycles. The highest BCUT2D eigenvalue weighted by Crippen LogP contribution is 2.21. The molecular formula is C13H18N2O5S. The number of rotatable bonds is 6. The van der Waals surface area contributed by atoms with Gasteiger partial charge in [-0.15, -0.1) is 11.3 Å². The zero-order valence-corrected chi connectivity index (χ0v) is 12.8. The molecule has 1 amide bonds. The van der Waals surface area contributed by atoms with Gasteiger partial charge in [-0.05, 0) is 6.92 Å². The molecule has 1 aromatic rings. The molecule has 0 aromatic carbocycles. The van der Waals surface area contributed by atoms with E-state index in [1.54, 1.807) is 14.0 Å². The summed E-state index contributed by atoms with van der Waals surface area (Å²) < 4.78 is 15.6. The van der Waals surface area contributed by atoms with Gasteiger partial charge in [-0.1, -0.05) is 0 Å². The highest BCUT2D eigenvalue weighted by molar-refractivity contribution is 7.11. The Morgan fingerprint density at radius 3 is 3.00 bits per heavy atom. The number of hydrogen-bond donors (Lipinski definition) is 1. The van der Waals surface area contributed by atoms with Crippen LogP contribution in [0.5, 0.6) is 0 Å². The van der Waals surface area contributed by atoms with Gasteiger partial charge in [0.2, 0.25) is 5.01 Å². The Labute approximate surface area is 126 Å². The lowest BCUT2D eigenvalue weighted by Gasteiger charge is -2.25. The summed E-state index contributed by atoms with van der Waals surface area (Å²) in [5.41, 5.74) is -0.274. The molecule has 0 spiro atoms.